The fourth-order valence-corrected chi connectivity index (χ4v) is 1.80. The topological polar surface area (TPSA) is 40.7 Å². The van der Waals surface area contributed by atoms with Crippen molar-refractivity contribution in [3.63, 3.8) is 0 Å². The molecule has 3 rings (SSSR count). The number of nitrogens with one attached hydrogen (secondary N) is 2. The van der Waals surface area contributed by atoms with E-state index in [9.17, 15) is 0 Å². The van der Waals surface area contributed by atoms with Gasteiger partial charge in [-0.3, -0.25) is 0 Å². The third kappa shape index (κ3) is 1.52. The van der Waals surface area contributed by atoms with E-state index in [2.05, 4.69) is 33.5 Å². The molecule has 0 spiro atoms. The highest BCUT2D eigenvalue weighted by atomic mass is 15.1. The average molecular weight is 209 g/mol. The van der Waals surface area contributed by atoms with Gasteiger partial charge in [-0.15, -0.1) is 0 Å². The van der Waals surface area contributed by atoms with Crippen LogP contribution in [0.1, 0.15) is 0 Å². The van der Waals surface area contributed by atoms with Crippen molar-refractivity contribution < 1.29 is 0 Å². The summed E-state index contributed by atoms with van der Waals surface area (Å²) in [5, 5.41) is 5.68. The minimum atomic E-state index is 0.761. The summed E-state index contributed by atoms with van der Waals surface area (Å²) in [7, 11) is 0. The van der Waals surface area contributed by atoms with E-state index in [1.807, 2.05) is 24.3 Å². The van der Waals surface area contributed by atoms with E-state index in [4.69, 9.17) is 0 Å². The summed E-state index contributed by atoms with van der Waals surface area (Å²) in [6.45, 7) is 0. The van der Waals surface area contributed by atoms with E-state index in [0.717, 1.165) is 11.6 Å². The second-order valence-corrected chi connectivity index (χ2v) is 3.59. The van der Waals surface area contributed by atoms with Gasteiger partial charge in [0.05, 0.1) is 0 Å². The lowest BCUT2D eigenvalue weighted by Crippen LogP contribution is -1.92. The monoisotopic (exact) mass is 209 g/mol. The Labute approximate surface area is 93.1 Å². The Bertz CT molecular complexity index is 594. The highest BCUT2D eigenvalue weighted by molar-refractivity contribution is 5.94. The van der Waals surface area contributed by atoms with Crippen molar-refractivity contribution in [2.24, 2.45) is 0 Å². The van der Waals surface area contributed by atoms with Crippen LogP contribution in [0.4, 0.5) is 11.6 Å². The minimum absolute atomic E-state index is 0.761. The number of benzene rings is 2. The first-order chi connectivity index (χ1) is 7.93. The summed E-state index contributed by atoms with van der Waals surface area (Å²) >= 11 is 0. The molecule has 0 saturated carbocycles. The third-order valence-electron chi connectivity index (χ3n) is 2.54. The van der Waals surface area contributed by atoms with E-state index in [-0.39, 0.29) is 0 Å². The lowest BCUT2D eigenvalue weighted by atomic mass is 10.1. The van der Waals surface area contributed by atoms with E-state index in [1.165, 1.54) is 10.8 Å². The van der Waals surface area contributed by atoms with Crippen molar-refractivity contribution in [3.8, 4) is 0 Å². The zero-order valence-electron chi connectivity index (χ0n) is 8.64. The molecule has 3 nitrogen and oxygen atoms in total. The van der Waals surface area contributed by atoms with Gasteiger partial charge < -0.3 is 10.3 Å². The van der Waals surface area contributed by atoms with Gasteiger partial charge in [0.25, 0.3) is 0 Å². The molecule has 2 aromatic carbocycles. The van der Waals surface area contributed by atoms with Crippen LogP contribution in [0.2, 0.25) is 0 Å². The van der Waals surface area contributed by atoms with Gasteiger partial charge in [-0.05, 0) is 11.5 Å². The molecule has 0 aliphatic heterocycles. The van der Waals surface area contributed by atoms with Crippen LogP contribution in [0, 0.1) is 0 Å². The van der Waals surface area contributed by atoms with E-state index >= 15 is 0 Å². The van der Waals surface area contributed by atoms with Gasteiger partial charge >= 0.3 is 0 Å². The number of nitrogens with zero attached hydrogens (tertiary/aromatic N) is 1. The number of hydrogen-bond acceptors (Lipinski definition) is 2. The molecule has 0 unspecified atom stereocenters. The summed E-state index contributed by atoms with van der Waals surface area (Å²) in [4.78, 5) is 7.18. The van der Waals surface area contributed by atoms with E-state index in [0.29, 0.717) is 0 Å². The Morgan fingerprint density at radius 2 is 1.88 bits per heavy atom. The Hall–Kier alpha value is -2.29. The van der Waals surface area contributed by atoms with Crippen LogP contribution in [0.25, 0.3) is 10.8 Å². The molecule has 1 heterocycles. The Morgan fingerprint density at radius 3 is 2.75 bits per heavy atom. The molecule has 0 amide bonds. The maximum absolute atomic E-state index is 4.15. The normalized spacial score (nSPS) is 10.5. The largest absolute Gasteiger partial charge is 0.331 e. The molecule has 0 fully saturated rings. The van der Waals surface area contributed by atoms with Gasteiger partial charge in [0.2, 0.25) is 5.95 Å². The fourth-order valence-electron chi connectivity index (χ4n) is 1.80. The maximum atomic E-state index is 4.15. The second kappa shape index (κ2) is 3.70. The van der Waals surface area contributed by atoms with Crippen LogP contribution in [0.5, 0.6) is 0 Å². The molecule has 0 saturated heterocycles. The third-order valence-corrected chi connectivity index (χ3v) is 2.54. The van der Waals surface area contributed by atoms with Crippen molar-refractivity contribution in [1.29, 1.82) is 0 Å². The maximum Gasteiger partial charge on any atom is 0.204 e. The van der Waals surface area contributed by atoms with Crippen LogP contribution >= 0.6 is 0 Å². The molecule has 0 aliphatic carbocycles. The van der Waals surface area contributed by atoms with Gasteiger partial charge in [-0.2, -0.15) is 0 Å². The molecule has 1 aromatic heterocycles. The first-order valence-electron chi connectivity index (χ1n) is 5.18. The fraction of sp³-hybridized carbons (Fsp3) is 0. The molecule has 3 aromatic rings. The van der Waals surface area contributed by atoms with E-state index in [1.54, 1.807) is 12.4 Å². The average Bonchev–Trinajstić information content (AvgIpc) is 2.82. The first kappa shape index (κ1) is 8.97. The summed E-state index contributed by atoms with van der Waals surface area (Å²) in [6, 6.07) is 14.5. The molecular weight excluding hydrogens is 198 g/mol. The van der Waals surface area contributed by atoms with Gasteiger partial charge in [0.1, 0.15) is 0 Å². The van der Waals surface area contributed by atoms with Crippen molar-refractivity contribution >= 4 is 22.4 Å². The molecule has 78 valence electrons. The van der Waals surface area contributed by atoms with Crippen molar-refractivity contribution in [1.82, 2.24) is 9.97 Å². The molecular formula is C13H11N3. The number of H-pyrrole nitrogens is 1. The number of fused-ring (bicyclic) bond motifs is 1. The van der Waals surface area contributed by atoms with Gasteiger partial charge in [0.15, 0.2) is 0 Å². The Morgan fingerprint density at radius 1 is 1.00 bits per heavy atom. The van der Waals surface area contributed by atoms with Gasteiger partial charge in [-0.1, -0.05) is 36.4 Å². The lowest BCUT2D eigenvalue weighted by molar-refractivity contribution is 1.29. The zero-order valence-corrected chi connectivity index (χ0v) is 8.64. The smallest absolute Gasteiger partial charge is 0.204 e. The predicted molar refractivity (Wildman–Crippen MR) is 65.8 cm³/mol. The van der Waals surface area contributed by atoms with Crippen LogP contribution in [-0.2, 0) is 0 Å². The molecule has 0 aliphatic rings. The van der Waals surface area contributed by atoms with Crippen molar-refractivity contribution in [2.45, 2.75) is 0 Å². The summed E-state index contributed by atoms with van der Waals surface area (Å²) < 4.78 is 0. The number of anilines is 2. The van der Waals surface area contributed by atoms with Crippen LogP contribution in [0.3, 0.4) is 0 Å². The SMILES string of the molecule is c1ccc2c(Nc3ncc[nH]3)cccc2c1. The highest BCUT2D eigenvalue weighted by Gasteiger charge is 2.00. The minimum Gasteiger partial charge on any atom is -0.331 e. The zero-order chi connectivity index (χ0) is 10.8. The number of rotatable bonds is 2. The van der Waals surface area contributed by atoms with Gasteiger partial charge in [-0.25, -0.2) is 4.98 Å². The number of hydrogen-bond donors (Lipinski definition) is 2. The lowest BCUT2D eigenvalue weighted by Gasteiger charge is -2.06. The second-order valence-electron chi connectivity index (χ2n) is 3.59. The molecule has 2 N–H and O–H groups in total. The number of imidazole rings is 1. The molecule has 0 atom stereocenters. The van der Waals surface area contributed by atoms with Crippen LogP contribution in [-0.4, -0.2) is 9.97 Å². The summed E-state index contributed by atoms with van der Waals surface area (Å²) in [5.74, 6) is 0.761. The van der Waals surface area contributed by atoms with Crippen LogP contribution in [0.15, 0.2) is 54.9 Å². The van der Waals surface area contributed by atoms with Crippen LogP contribution < -0.4 is 5.32 Å². The summed E-state index contributed by atoms with van der Waals surface area (Å²) in [6.07, 6.45) is 3.53. The number of aromatic amines is 1. The summed E-state index contributed by atoms with van der Waals surface area (Å²) in [5.41, 5.74) is 1.06. The molecule has 16 heavy (non-hydrogen) atoms. The number of aromatic nitrogens is 2. The quantitative estimate of drug-likeness (QED) is 0.679. The van der Waals surface area contributed by atoms with Gasteiger partial charge in [0, 0.05) is 23.5 Å². The molecule has 0 bridgehead atoms. The highest BCUT2D eigenvalue weighted by Crippen LogP contribution is 2.24. The van der Waals surface area contributed by atoms with Crippen molar-refractivity contribution in [2.75, 3.05) is 5.32 Å². The standard InChI is InChI=1S/C13H11N3/c1-2-6-11-10(4-1)5-3-7-12(11)16-13-14-8-9-15-13/h1-9H,(H2,14,15,16). The van der Waals surface area contributed by atoms with Crippen molar-refractivity contribution in [3.05, 3.63) is 54.9 Å². The predicted octanol–water partition coefficient (Wildman–Crippen LogP) is 3.31. The first-order valence-corrected chi connectivity index (χ1v) is 5.18. The van der Waals surface area contributed by atoms with E-state index < -0.39 is 0 Å². The Balaban J connectivity index is 2.10. The molecule has 0 radical (unpaired) electrons. The Kier molecular flexibility index (Phi) is 2.07. The molecule has 3 heteroatoms.